The first kappa shape index (κ1) is 17.9. The Morgan fingerprint density at radius 3 is 2.79 bits per heavy atom. The average molecular weight is 373 g/mol. The second kappa shape index (κ2) is 7.60. The molecule has 0 saturated heterocycles. The molecule has 4 rings (SSSR count). The number of aryl methyl sites for hydroxylation is 2. The molecule has 0 bridgehead atoms. The van der Waals surface area contributed by atoms with Crippen molar-refractivity contribution in [2.75, 3.05) is 0 Å². The van der Waals surface area contributed by atoms with Gasteiger partial charge in [-0.05, 0) is 30.7 Å². The van der Waals surface area contributed by atoms with E-state index in [0.29, 0.717) is 23.1 Å². The molecule has 6 heteroatoms. The van der Waals surface area contributed by atoms with Crippen LogP contribution in [0.2, 0.25) is 0 Å². The van der Waals surface area contributed by atoms with Crippen LogP contribution in [0.3, 0.4) is 0 Å². The molecule has 2 heterocycles. The zero-order valence-corrected chi connectivity index (χ0v) is 15.4. The van der Waals surface area contributed by atoms with Gasteiger partial charge in [0.2, 0.25) is 0 Å². The lowest BCUT2D eigenvalue weighted by Crippen LogP contribution is -2.15. The van der Waals surface area contributed by atoms with Gasteiger partial charge < -0.3 is 9.72 Å². The molecule has 140 valence electrons. The molecule has 0 aliphatic rings. The third-order valence-electron chi connectivity index (χ3n) is 4.60. The Hall–Kier alpha value is -3.54. The Bertz CT molecular complexity index is 1230. The van der Waals surface area contributed by atoms with Gasteiger partial charge in [0.15, 0.2) is 0 Å². The Morgan fingerprint density at radius 1 is 1.04 bits per heavy atom. The first-order valence-corrected chi connectivity index (χ1v) is 9.09. The molecule has 0 aliphatic carbocycles. The number of carbonyl (C=O) groups is 1. The number of fused-ring (bicyclic) bond motifs is 2. The number of nitrogens with zero attached hydrogens (tertiary/aromatic N) is 2. The standard InChI is InChI=1S/C22H19N3O3/c1-14-5-4-7-17-21(14)24-19(25-22(17)27)13-28-20(26)12-11-16-10-9-15-6-2-3-8-18(15)23-16/h2-10H,11-13H2,1H3,(H,24,25,27). The van der Waals surface area contributed by atoms with Crippen LogP contribution < -0.4 is 5.56 Å². The summed E-state index contributed by atoms with van der Waals surface area (Å²) in [6.45, 7) is 1.82. The van der Waals surface area contributed by atoms with Crippen molar-refractivity contribution in [1.29, 1.82) is 0 Å². The van der Waals surface area contributed by atoms with Gasteiger partial charge >= 0.3 is 5.97 Å². The summed E-state index contributed by atoms with van der Waals surface area (Å²) < 4.78 is 5.28. The number of para-hydroxylation sites is 2. The number of ether oxygens (including phenoxy) is 1. The van der Waals surface area contributed by atoms with Gasteiger partial charge in [0.1, 0.15) is 12.4 Å². The SMILES string of the molecule is Cc1cccc2c(=O)[nH]c(COC(=O)CCc3ccc4ccccc4n3)nc12. The number of benzene rings is 2. The molecule has 2 aromatic heterocycles. The highest BCUT2D eigenvalue weighted by molar-refractivity contribution is 5.80. The summed E-state index contributed by atoms with van der Waals surface area (Å²) in [5.74, 6) is -0.0218. The fourth-order valence-electron chi connectivity index (χ4n) is 3.12. The summed E-state index contributed by atoms with van der Waals surface area (Å²) in [4.78, 5) is 35.9. The first-order chi connectivity index (χ1) is 13.6. The maximum Gasteiger partial charge on any atom is 0.306 e. The van der Waals surface area contributed by atoms with Crippen molar-refractivity contribution in [3.63, 3.8) is 0 Å². The summed E-state index contributed by atoms with van der Waals surface area (Å²) in [7, 11) is 0. The summed E-state index contributed by atoms with van der Waals surface area (Å²) in [5, 5.41) is 1.59. The van der Waals surface area contributed by atoms with Gasteiger partial charge in [-0.1, -0.05) is 36.4 Å². The number of hydrogen-bond donors (Lipinski definition) is 1. The Balaban J connectivity index is 1.39. The minimum atomic E-state index is -0.359. The highest BCUT2D eigenvalue weighted by Gasteiger charge is 2.09. The van der Waals surface area contributed by atoms with E-state index in [4.69, 9.17) is 4.74 Å². The second-order valence-electron chi connectivity index (χ2n) is 6.64. The lowest BCUT2D eigenvalue weighted by Gasteiger charge is -2.07. The minimum Gasteiger partial charge on any atom is -0.458 e. The number of hydrogen-bond acceptors (Lipinski definition) is 5. The molecule has 4 aromatic rings. The average Bonchev–Trinajstić information content (AvgIpc) is 2.71. The first-order valence-electron chi connectivity index (χ1n) is 9.09. The number of H-pyrrole nitrogens is 1. The van der Waals surface area contributed by atoms with Gasteiger partial charge in [-0.25, -0.2) is 4.98 Å². The van der Waals surface area contributed by atoms with Crippen LogP contribution in [-0.2, 0) is 22.6 Å². The molecule has 0 radical (unpaired) electrons. The predicted octanol–water partition coefficient (Wildman–Crippen LogP) is 3.46. The van der Waals surface area contributed by atoms with Gasteiger partial charge in [0.05, 0.1) is 22.8 Å². The minimum absolute atomic E-state index is 0.0660. The van der Waals surface area contributed by atoms with Gasteiger partial charge in [-0.3, -0.25) is 14.6 Å². The summed E-state index contributed by atoms with van der Waals surface area (Å²) >= 11 is 0. The Kier molecular flexibility index (Phi) is 4.85. The van der Waals surface area contributed by atoms with Crippen LogP contribution in [-0.4, -0.2) is 20.9 Å². The van der Waals surface area contributed by atoms with Crippen molar-refractivity contribution in [3.8, 4) is 0 Å². The van der Waals surface area contributed by atoms with Gasteiger partial charge in [0.25, 0.3) is 5.56 Å². The predicted molar refractivity (Wildman–Crippen MR) is 107 cm³/mol. The monoisotopic (exact) mass is 373 g/mol. The van der Waals surface area contributed by atoms with Crippen LogP contribution in [0.5, 0.6) is 0 Å². The van der Waals surface area contributed by atoms with Crippen molar-refractivity contribution >= 4 is 27.8 Å². The molecule has 0 fully saturated rings. The zero-order chi connectivity index (χ0) is 19.5. The van der Waals surface area contributed by atoms with Crippen molar-refractivity contribution in [2.24, 2.45) is 0 Å². The third-order valence-corrected chi connectivity index (χ3v) is 4.60. The van der Waals surface area contributed by atoms with Gasteiger partial charge in [-0.2, -0.15) is 0 Å². The molecule has 2 aromatic carbocycles. The van der Waals surface area contributed by atoms with E-state index < -0.39 is 0 Å². The largest absolute Gasteiger partial charge is 0.458 e. The number of aromatic amines is 1. The van der Waals surface area contributed by atoms with Crippen molar-refractivity contribution < 1.29 is 9.53 Å². The van der Waals surface area contributed by atoms with Crippen LogP contribution in [0.1, 0.15) is 23.5 Å². The molecular formula is C22H19N3O3. The molecule has 0 spiro atoms. The van der Waals surface area contributed by atoms with E-state index in [1.165, 1.54) is 0 Å². The Labute approximate surface area is 161 Å². The maximum absolute atomic E-state index is 12.2. The molecule has 0 aliphatic heterocycles. The maximum atomic E-state index is 12.2. The second-order valence-corrected chi connectivity index (χ2v) is 6.64. The summed E-state index contributed by atoms with van der Waals surface area (Å²) in [6, 6.07) is 17.2. The smallest absolute Gasteiger partial charge is 0.306 e. The van der Waals surface area contributed by atoms with Crippen LogP contribution in [0.4, 0.5) is 0 Å². The van der Waals surface area contributed by atoms with E-state index in [1.807, 2.05) is 55.5 Å². The van der Waals surface area contributed by atoms with Crippen LogP contribution in [0.15, 0.2) is 59.4 Å². The van der Waals surface area contributed by atoms with Gasteiger partial charge in [0, 0.05) is 17.5 Å². The van der Waals surface area contributed by atoms with E-state index in [2.05, 4.69) is 15.0 Å². The summed E-state index contributed by atoms with van der Waals surface area (Å²) in [5.41, 5.74) is 3.03. The third kappa shape index (κ3) is 3.76. The number of rotatable bonds is 5. The number of nitrogens with one attached hydrogen (secondary N) is 1. The molecule has 0 atom stereocenters. The highest BCUT2D eigenvalue weighted by Crippen LogP contribution is 2.14. The number of carbonyl (C=O) groups excluding carboxylic acids is 1. The molecule has 28 heavy (non-hydrogen) atoms. The van der Waals surface area contributed by atoms with Crippen LogP contribution in [0, 0.1) is 6.92 Å². The molecule has 6 nitrogen and oxygen atoms in total. The van der Waals surface area contributed by atoms with E-state index in [1.54, 1.807) is 6.07 Å². The zero-order valence-electron chi connectivity index (χ0n) is 15.4. The Morgan fingerprint density at radius 2 is 1.89 bits per heavy atom. The molecular weight excluding hydrogens is 354 g/mol. The quantitative estimate of drug-likeness (QED) is 0.542. The van der Waals surface area contributed by atoms with E-state index >= 15 is 0 Å². The fourth-order valence-corrected chi connectivity index (χ4v) is 3.12. The van der Waals surface area contributed by atoms with Crippen molar-refractivity contribution in [1.82, 2.24) is 15.0 Å². The lowest BCUT2D eigenvalue weighted by atomic mass is 10.1. The van der Waals surface area contributed by atoms with Crippen molar-refractivity contribution in [3.05, 3.63) is 82.0 Å². The molecule has 0 saturated carbocycles. The number of esters is 1. The van der Waals surface area contributed by atoms with E-state index in [-0.39, 0.29) is 24.6 Å². The normalized spacial score (nSPS) is 11.0. The van der Waals surface area contributed by atoms with Crippen LogP contribution >= 0.6 is 0 Å². The molecule has 1 N–H and O–H groups in total. The van der Waals surface area contributed by atoms with E-state index in [0.717, 1.165) is 22.2 Å². The number of pyridine rings is 1. The summed E-state index contributed by atoms with van der Waals surface area (Å²) in [6.07, 6.45) is 0.701. The number of aromatic nitrogens is 3. The molecule has 0 unspecified atom stereocenters. The topological polar surface area (TPSA) is 84.9 Å². The fraction of sp³-hybridized carbons (Fsp3) is 0.182. The lowest BCUT2D eigenvalue weighted by molar-refractivity contribution is -0.145. The van der Waals surface area contributed by atoms with Crippen molar-refractivity contribution in [2.45, 2.75) is 26.4 Å². The van der Waals surface area contributed by atoms with E-state index in [9.17, 15) is 9.59 Å². The van der Waals surface area contributed by atoms with Crippen LogP contribution in [0.25, 0.3) is 21.8 Å². The molecule has 0 amide bonds. The van der Waals surface area contributed by atoms with Gasteiger partial charge in [-0.15, -0.1) is 0 Å². The highest BCUT2D eigenvalue weighted by atomic mass is 16.5.